The highest BCUT2D eigenvalue weighted by Crippen LogP contribution is 2.26. The van der Waals surface area contributed by atoms with E-state index in [1.807, 2.05) is 45.0 Å². The van der Waals surface area contributed by atoms with Crippen molar-refractivity contribution in [3.63, 3.8) is 0 Å². The van der Waals surface area contributed by atoms with Crippen LogP contribution >= 0.6 is 11.3 Å². The lowest BCUT2D eigenvalue weighted by molar-refractivity contribution is -0.118. The average molecular weight is 341 g/mol. The highest BCUT2D eigenvalue weighted by atomic mass is 32.1. The maximum atomic E-state index is 12.8. The van der Waals surface area contributed by atoms with E-state index in [2.05, 4.69) is 10.3 Å². The summed E-state index contributed by atoms with van der Waals surface area (Å²) >= 11 is 1.50. The van der Waals surface area contributed by atoms with Crippen LogP contribution in [0, 0.1) is 20.8 Å². The molecule has 6 heteroatoms. The van der Waals surface area contributed by atoms with Crippen molar-refractivity contribution in [2.75, 3.05) is 5.32 Å². The summed E-state index contributed by atoms with van der Waals surface area (Å²) < 4.78 is 1.39. The van der Waals surface area contributed by atoms with E-state index >= 15 is 0 Å². The van der Waals surface area contributed by atoms with Crippen LogP contribution in [-0.4, -0.2) is 15.5 Å². The molecule has 3 aromatic rings. The third kappa shape index (κ3) is 2.85. The van der Waals surface area contributed by atoms with Crippen LogP contribution in [0.4, 0.5) is 5.69 Å². The Balaban J connectivity index is 1.93. The molecule has 0 fully saturated rings. The Morgan fingerprint density at radius 3 is 2.54 bits per heavy atom. The third-order valence-electron chi connectivity index (χ3n) is 4.23. The van der Waals surface area contributed by atoms with Gasteiger partial charge in [-0.25, -0.2) is 4.98 Å². The molecule has 24 heavy (non-hydrogen) atoms. The van der Waals surface area contributed by atoms with Gasteiger partial charge >= 0.3 is 0 Å². The SMILES string of the molecule is Cc1ccc(NC(=O)[C@@H](C)n2cnc3sc(C)c(C)c3c2=O)cc1. The standard InChI is InChI=1S/C18H19N3O2S/c1-10-5-7-14(8-6-10)20-16(22)12(3)21-9-19-17-15(18(21)23)11(2)13(4)24-17/h5-9,12H,1-4H3,(H,20,22)/t12-/m1/s1. The number of anilines is 1. The van der Waals surface area contributed by atoms with Gasteiger partial charge in [0.2, 0.25) is 5.91 Å². The van der Waals surface area contributed by atoms with Crippen LogP contribution < -0.4 is 10.9 Å². The number of thiophene rings is 1. The van der Waals surface area contributed by atoms with Gasteiger partial charge in [0.05, 0.1) is 11.7 Å². The fourth-order valence-electron chi connectivity index (χ4n) is 2.53. The van der Waals surface area contributed by atoms with Crippen LogP contribution in [0.25, 0.3) is 10.2 Å². The Labute approximate surface area is 144 Å². The number of carbonyl (C=O) groups is 1. The second kappa shape index (κ2) is 6.20. The number of rotatable bonds is 3. The zero-order valence-corrected chi connectivity index (χ0v) is 14.9. The Kier molecular flexibility index (Phi) is 4.24. The molecule has 0 spiro atoms. The van der Waals surface area contributed by atoms with Crippen molar-refractivity contribution in [2.45, 2.75) is 33.7 Å². The molecule has 1 N–H and O–H groups in total. The summed E-state index contributed by atoms with van der Waals surface area (Å²) in [5.74, 6) is -0.244. The number of hydrogen-bond acceptors (Lipinski definition) is 4. The van der Waals surface area contributed by atoms with Gasteiger partial charge in [-0.2, -0.15) is 0 Å². The van der Waals surface area contributed by atoms with Gasteiger partial charge in [-0.05, 0) is 45.4 Å². The maximum absolute atomic E-state index is 12.8. The summed E-state index contributed by atoms with van der Waals surface area (Å²) in [5.41, 5.74) is 2.60. The van der Waals surface area contributed by atoms with Crippen molar-refractivity contribution < 1.29 is 4.79 Å². The first kappa shape index (κ1) is 16.4. The number of carbonyl (C=O) groups excluding carboxylic acids is 1. The summed E-state index contributed by atoms with van der Waals surface area (Å²) in [6.45, 7) is 7.57. The lowest BCUT2D eigenvalue weighted by Crippen LogP contribution is -2.31. The topological polar surface area (TPSA) is 64.0 Å². The Morgan fingerprint density at radius 1 is 1.21 bits per heavy atom. The van der Waals surface area contributed by atoms with Gasteiger partial charge in [-0.1, -0.05) is 17.7 Å². The number of aromatic nitrogens is 2. The molecule has 1 amide bonds. The summed E-state index contributed by atoms with van der Waals surface area (Å²) in [7, 11) is 0. The summed E-state index contributed by atoms with van der Waals surface area (Å²) in [6, 6.07) is 6.90. The molecule has 0 aliphatic carbocycles. The first-order chi connectivity index (χ1) is 11.4. The summed E-state index contributed by atoms with van der Waals surface area (Å²) in [5, 5.41) is 3.45. The Bertz CT molecular complexity index is 970. The number of hydrogen-bond donors (Lipinski definition) is 1. The minimum Gasteiger partial charge on any atom is -0.324 e. The van der Waals surface area contributed by atoms with E-state index in [4.69, 9.17) is 0 Å². The van der Waals surface area contributed by atoms with Crippen molar-refractivity contribution in [3.05, 3.63) is 57.0 Å². The molecular weight excluding hydrogens is 322 g/mol. The molecule has 0 saturated carbocycles. The van der Waals surface area contributed by atoms with Crippen LogP contribution in [0.15, 0.2) is 35.4 Å². The monoisotopic (exact) mass is 341 g/mol. The van der Waals surface area contributed by atoms with E-state index in [-0.39, 0.29) is 11.5 Å². The molecule has 1 atom stereocenters. The highest BCUT2D eigenvalue weighted by molar-refractivity contribution is 7.18. The van der Waals surface area contributed by atoms with Gasteiger partial charge in [0.1, 0.15) is 10.9 Å². The summed E-state index contributed by atoms with van der Waals surface area (Å²) in [4.78, 5) is 31.4. The molecule has 0 bridgehead atoms. The number of nitrogens with one attached hydrogen (secondary N) is 1. The number of benzene rings is 1. The predicted molar refractivity (Wildman–Crippen MR) is 97.9 cm³/mol. The zero-order valence-electron chi connectivity index (χ0n) is 14.1. The number of aryl methyl sites for hydroxylation is 3. The van der Waals surface area contributed by atoms with Crippen LogP contribution in [0.5, 0.6) is 0 Å². The average Bonchev–Trinajstić information content (AvgIpc) is 2.85. The molecule has 124 valence electrons. The summed E-state index contributed by atoms with van der Waals surface area (Å²) in [6.07, 6.45) is 1.46. The van der Waals surface area contributed by atoms with E-state index < -0.39 is 6.04 Å². The van der Waals surface area contributed by atoms with Crippen LogP contribution in [0.1, 0.15) is 29.0 Å². The Hall–Kier alpha value is -2.47. The lowest BCUT2D eigenvalue weighted by Gasteiger charge is -2.15. The normalized spacial score (nSPS) is 12.3. The molecule has 2 aromatic heterocycles. The van der Waals surface area contributed by atoms with Crippen molar-refractivity contribution in [1.29, 1.82) is 0 Å². The van der Waals surface area contributed by atoms with Crippen LogP contribution in [0.2, 0.25) is 0 Å². The van der Waals surface area contributed by atoms with Crippen molar-refractivity contribution in [1.82, 2.24) is 9.55 Å². The number of nitrogens with zero attached hydrogens (tertiary/aromatic N) is 2. The molecule has 3 rings (SSSR count). The number of amides is 1. The first-order valence-corrected chi connectivity index (χ1v) is 8.54. The molecular formula is C18H19N3O2S. The predicted octanol–water partition coefficient (Wildman–Crippen LogP) is 3.58. The minimum absolute atomic E-state index is 0.173. The molecule has 2 heterocycles. The molecule has 1 aromatic carbocycles. The van der Waals surface area contributed by atoms with E-state index in [0.29, 0.717) is 11.1 Å². The maximum Gasteiger partial charge on any atom is 0.263 e. The fraction of sp³-hybridized carbons (Fsp3) is 0.278. The molecule has 0 aliphatic rings. The van der Waals surface area contributed by atoms with Gasteiger partial charge in [0.25, 0.3) is 5.56 Å². The first-order valence-electron chi connectivity index (χ1n) is 7.73. The van der Waals surface area contributed by atoms with Crippen molar-refractivity contribution in [3.8, 4) is 0 Å². The van der Waals surface area contributed by atoms with Gasteiger partial charge in [-0.3, -0.25) is 14.2 Å². The van der Waals surface area contributed by atoms with Crippen LogP contribution in [-0.2, 0) is 4.79 Å². The minimum atomic E-state index is -0.643. The third-order valence-corrected chi connectivity index (χ3v) is 5.35. The van der Waals surface area contributed by atoms with Gasteiger partial charge in [0, 0.05) is 10.6 Å². The molecule has 0 unspecified atom stereocenters. The van der Waals surface area contributed by atoms with E-state index in [1.54, 1.807) is 6.92 Å². The quantitative estimate of drug-likeness (QED) is 0.792. The van der Waals surface area contributed by atoms with E-state index in [0.717, 1.165) is 20.8 Å². The molecule has 0 aliphatic heterocycles. The Morgan fingerprint density at radius 2 is 1.88 bits per heavy atom. The van der Waals surface area contributed by atoms with Gasteiger partial charge in [-0.15, -0.1) is 11.3 Å². The van der Waals surface area contributed by atoms with Gasteiger partial charge in [0.15, 0.2) is 0 Å². The second-order valence-electron chi connectivity index (χ2n) is 5.95. The highest BCUT2D eigenvalue weighted by Gasteiger charge is 2.20. The van der Waals surface area contributed by atoms with E-state index in [1.165, 1.54) is 22.2 Å². The molecule has 5 nitrogen and oxygen atoms in total. The smallest absolute Gasteiger partial charge is 0.263 e. The zero-order chi connectivity index (χ0) is 17.4. The lowest BCUT2D eigenvalue weighted by atomic mass is 10.2. The van der Waals surface area contributed by atoms with Gasteiger partial charge < -0.3 is 5.32 Å². The van der Waals surface area contributed by atoms with Crippen molar-refractivity contribution >= 4 is 33.1 Å². The molecule has 0 saturated heterocycles. The number of fused-ring (bicyclic) bond motifs is 1. The molecule has 0 radical (unpaired) electrons. The second-order valence-corrected chi connectivity index (χ2v) is 7.15. The largest absolute Gasteiger partial charge is 0.324 e. The van der Waals surface area contributed by atoms with E-state index in [9.17, 15) is 9.59 Å². The van der Waals surface area contributed by atoms with Crippen LogP contribution in [0.3, 0.4) is 0 Å². The van der Waals surface area contributed by atoms with Crippen molar-refractivity contribution in [2.24, 2.45) is 0 Å². The fourth-order valence-corrected chi connectivity index (χ4v) is 3.52.